The first-order chi connectivity index (χ1) is 11.1. The molecule has 0 amide bonds. The minimum atomic E-state index is -1.46. The van der Waals surface area contributed by atoms with Crippen molar-refractivity contribution in [1.82, 2.24) is 0 Å². The van der Waals surface area contributed by atoms with E-state index in [1.54, 1.807) is 0 Å². The average Bonchev–Trinajstić information content (AvgIpc) is 2.98. The average molecular weight is 479 g/mol. The second-order valence-electron chi connectivity index (χ2n) is 4.60. The van der Waals surface area contributed by atoms with Crippen molar-refractivity contribution in [3.05, 3.63) is 23.0 Å². The molecule has 4 unspecified atom stereocenters. The predicted octanol–water partition coefficient (Wildman–Crippen LogP) is -4.77. The number of hydrogen-bond acceptors (Lipinski definition) is 12. The smallest absolute Gasteiger partial charge is 0.865 e. The van der Waals surface area contributed by atoms with Crippen molar-refractivity contribution in [3.63, 3.8) is 0 Å². The van der Waals surface area contributed by atoms with Crippen LogP contribution in [-0.4, -0.2) is 169 Å². The summed E-state index contributed by atoms with van der Waals surface area (Å²) in [7, 11) is 0. The van der Waals surface area contributed by atoms with Crippen LogP contribution in [0.15, 0.2) is 23.0 Å². The monoisotopic (exact) mass is 479 g/mol. The summed E-state index contributed by atoms with van der Waals surface area (Å²) in [4.78, 5) is 21.0. The number of rotatable bonds is 4. The maximum absolute atomic E-state index is 10.6. The second-order valence-corrected chi connectivity index (χ2v) is 4.60. The molecule has 136 valence electrons. The van der Waals surface area contributed by atoms with Gasteiger partial charge in [0.1, 0.15) is 18.0 Å². The quantitative estimate of drug-likeness (QED) is 0.149. The summed E-state index contributed by atoms with van der Waals surface area (Å²) in [5, 5.41) is 71.8. The van der Waals surface area contributed by atoms with Crippen molar-refractivity contribution >= 4 is 95.2 Å². The molecule has 2 heterocycles. The van der Waals surface area contributed by atoms with Crippen molar-refractivity contribution < 1.29 is 59.9 Å². The second kappa shape index (κ2) is 12.6. The summed E-state index contributed by atoms with van der Waals surface area (Å²) in [6, 6.07) is 0. The van der Waals surface area contributed by atoms with Gasteiger partial charge in [0, 0.05) is 5.76 Å². The van der Waals surface area contributed by atoms with Crippen LogP contribution in [0.3, 0.4) is 0 Å². The van der Waals surface area contributed by atoms with Crippen molar-refractivity contribution in [1.29, 1.82) is 0 Å². The topological polar surface area (TPSA) is 217 Å². The Bertz CT molecular complexity index is 527. The molecule has 0 saturated carbocycles. The summed E-state index contributed by atoms with van der Waals surface area (Å²) in [5.41, 5.74) is 0. The minimum Gasteiger partial charge on any atom is -0.865 e. The molecule has 0 saturated heterocycles. The van der Waals surface area contributed by atoms with E-state index >= 15 is 0 Å². The van der Waals surface area contributed by atoms with Gasteiger partial charge < -0.3 is 50.3 Å². The van der Waals surface area contributed by atoms with Crippen LogP contribution in [0.1, 0.15) is 0 Å². The maximum atomic E-state index is 10.6. The van der Waals surface area contributed by atoms with E-state index in [2.05, 4.69) is 9.47 Å². The summed E-state index contributed by atoms with van der Waals surface area (Å²) >= 11 is 0. The number of ether oxygens (including phenoxy) is 2. The van der Waals surface area contributed by atoms with Gasteiger partial charge in [-0.05, 0) is 0 Å². The van der Waals surface area contributed by atoms with Gasteiger partial charge in [0.2, 0.25) is 5.76 Å². The van der Waals surface area contributed by atoms with Crippen molar-refractivity contribution in [3.8, 4) is 0 Å². The van der Waals surface area contributed by atoms with Crippen LogP contribution < -0.4 is 5.11 Å². The van der Waals surface area contributed by atoms with E-state index in [4.69, 9.17) is 35.7 Å². The Balaban J connectivity index is 0. The molecule has 4 atom stereocenters. The molecule has 7 N–H and O–H groups in total. The van der Waals surface area contributed by atoms with Gasteiger partial charge in [0.15, 0.2) is 18.0 Å². The molecule has 26 heavy (non-hydrogen) atoms. The van der Waals surface area contributed by atoms with Gasteiger partial charge in [-0.2, -0.15) is 0 Å². The fourth-order valence-electron chi connectivity index (χ4n) is 1.64. The molecule has 0 aromatic heterocycles. The van der Waals surface area contributed by atoms with Crippen LogP contribution in [0.2, 0.25) is 0 Å². The predicted molar refractivity (Wildman–Crippen MR) is 79.4 cm³/mol. The number of cyclic esters (lactones) is 2. The SMILES string of the molecule is O=C1OC(C(O)CO)C(O)=C1O.O=C1OC(C(O)CO)C(O)=C1[O-].[Ca+2].[Sr+2]. The first kappa shape index (κ1) is 28.4. The molecule has 0 aromatic carbocycles. The van der Waals surface area contributed by atoms with E-state index in [1.807, 2.05) is 0 Å². The number of aliphatic hydroxyl groups excluding tert-OH is 7. The summed E-state index contributed by atoms with van der Waals surface area (Å²) in [5.74, 6) is -6.03. The summed E-state index contributed by atoms with van der Waals surface area (Å²) in [6.07, 6.45) is -5.66. The first-order valence-electron chi connectivity index (χ1n) is 6.37. The van der Waals surface area contributed by atoms with E-state index in [0.29, 0.717) is 0 Å². The first-order valence-corrected chi connectivity index (χ1v) is 6.37. The number of esters is 2. The van der Waals surface area contributed by atoms with Crippen LogP contribution in [0.4, 0.5) is 0 Å². The Morgan fingerprint density at radius 1 is 0.885 bits per heavy atom. The van der Waals surface area contributed by atoms with Gasteiger partial charge in [-0.15, -0.1) is 0 Å². The number of carbonyl (C=O) groups is 2. The normalized spacial score (nSPS) is 23.8. The Morgan fingerprint density at radius 2 is 1.27 bits per heavy atom. The van der Waals surface area contributed by atoms with Gasteiger partial charge in [-0.3, -0.25) is 0 Å². The molecule has 14 heteroatoms. The molecule has 0 radical (unpaired) electrons. The Kier molecular flexibility index (Phi) is 13.8. The zero-order valence-electron chi connectivity index (χ0n) is 13.3. The van der Waals surface area contributed by atoms with E-state index < -0.39 is 72.6 Å². The van der Waals surface area contributed by atoms with Crippen LogP contribution >= 0.6 is 0 Å². The molecule has 2 aliphatic rings. The maximum Gasteiger partial charge on any atom is 2.00 e. The third-order valence-corrected chi connectivity index (χ3v) is 2.93. The van der Waals surface area contributed by atoms with Gasteiger partial charge in [0.05, 0.1) is 13.2 Å². The fourth-order valence-corrected chi connectivity index (χ4v) is 1.64. The van der Waals surface area contributed by atoms with E-state index in [1.165, 1.54) is 0 Å². The summed E-state index contributed by atoms with van der Waals surface area (Å²) < 4.78 is 8.57. The molecule has 0 spiro atoms. The van der Waals surface area contributed by atoms with Crippen LogP contribution in [0.25, 0.3) is 0 Å². The standard InChI is InChI=1S/2C6H8O6.Ca.Sr/c2*7-1-2(8)5-3(9)4(10)6(11)12-5;;/h2*2,5,7-10H,1H2;;/q;;2*+2/p-1. The third-order valence-electron chi connectivity index (χ3n) is 2.93. The summed E-state index contributed by atoms with van der Waals surface area (Å²) in [6.45, 7) is -1.37. The minimum absolute atomic E-state index is 0. The number of aliphatic hydroxyl groups is 7. The van der Waals surface area contributed by atoms with Gasteiger partial charge in [0.25, 0.3) is 0 Å². The largest absolute Gasteiger partial charge is 2.00 e. The number of carbonyl (C=O) groups excluding carboxylic acids is 2. The zero-order valence-corrected chi connectivity index (χ0v) is 19.0. The Labute approximate surface area is 213 Å². The number of hydrogen-bond donors (Lipinski definition) is 7. The zero-order chi connectivity index (χ0) is 18.6. The Morgan fingerprint density at radius 3 is 1.54 bits per heavy atom. The molecular weight excluding hydrogens is 464 g/mol. The molecule has 2 aliphatic heterocycles. The third kappa shape index (κ3) is 6.67. The molecule has 12 nitrogen and oxygen atoms in total. The van der Waals surface area contributed by atoms with Crippen molar-refractivity contribution in [2.45, 2.75) is 24.4 Å². The molecule has 0 bridgehead atoms. The van der Waals surface area contributed by atoms with Crippen LogP contribution in [-0.2, 0) is 19.1 Å². The van der Waals surface area contributed by atoms with Gasteiger partial charge >= 0.3 is 95.2 Å². The van der Waals surface area contributed by atoms with Crippen molar-refractivity contribution in [2.75, 3.05) is 13.2 Å². The van der Waals surface area contributed by atoms with Crippen LogP contribution in [0, 0.1) is 0 Å². The Hall–Kier alpha value is 0.200. The van der Waals surface area contributed by atoms with Crippen LogP contribution in [0.5, 0.6) is 0 Å². The molecule has 0 fully saturated rings. The molecular formula is C12H15CaO12Sr+3. The molecule has 2 rings (SSSR count). The van der Waals surface area contributed by atoms with Gasteiger partial charge in [-0.25, -0.2) is 9.59 Å². The van der Waals surface area contributed by atoms with E-state index in [-0.39, 0.29) is 83.2 Å². The molecule has 0 aliphatic carbocycles. The molecule has 0 aromatic rings. The van der Waals surface area contributed by atoms with Crippen molar-refractivity contribution in [2.24, 2.45) is 0 Å². The van der Waals surface area contributed by atoms with Gasteiger partial charge in [-0.1, -0.05) is 0 Å². The van der Waals surface area contributed by atoms with E-state index in [9.17, 15) is 14.7 Å². The van der Waals surface area contributed by atoms with E-state index in [0.717, 1.165) is 0 Å². The fraction of sp³-hybridized carbons (Fsp3) is 0.500.